The molecule has 0 radical (unpaired) electrons. The molecule has 0 amide bonds. The van der Waals surface area contributed by atoms with Crippen molar-refractivity contribution in [2.45, 2.75) is 31.9 Å². The molecule has 1 aromatic carbocycles. The fourth-order valence-corrected chi connectivity index (χ4v) is 2.06. The number of carbonyl (C=O) groups is 1. The number of carbonyl (C=O) groups excluding carboxylic acids is 1. The standard InChI is InChI=1S/C15H16N2O2/c1-11(12-5-3-2-4-6-12)17-10-16-9-14(17)15(18)19-13-7-8-13/h2-6,9-11,13H,7-8H2,1H3/t11-/m1/s1. The molecule has 3 rings (SSSR count). The van der Waals surface area contributed by atoms with E-state index in [0.717, 1.165) is 18.4 Å². The highest BCUT2D eigenvalue weighted by Gasteiger charge is 2.28. The van der Waals surface area contributed by atoms with Crippen LogP contribution in [0.3, 0.4) is 0 Å². The van der Waals surface area contributed by atoms with Crippen LogP contribution >= 0.6 is 0 Å². The molecule has 1 aliphatic rings. The lowest BCUT2D eigenvalue weighted by atomic mass is 10.1. The summed E-state index contributed by atoms with van der Waals surface area (Å²) in [6.07, 6.45) is 5.33. The molecule has 1 saturated carbocycles. The van der Waals surface area contributed by atoms with Gasteiger partial charge in [0.1, 0.15) is 11.8 Å². The Bertz CT molecular complexity index is 573. The lowest BCUT2D eigenvalue weighted by Crippen LogP contribution is -2.16. The van der Waals surface area contributed by atoms with E-state index < -0.39 is 0 Å². The van der Waals surface area contributed by atoms with Gasteiger partial charge in [-0.15, -0.1) is 0 Å². The minimum atomic E-state index is -0.275. The Labute approximate surface area is 112 Å². The molecule has 1 fully saturated rings. The molecule has 1 atom stereocenters. The number of rotatable bonds is 4. The molecule has 0 N–H and O–H groups in total. The molecule has 1 heterocycles. The molecule has 19 heavy (non-hydrogen) atoms. The summed E-state index contributed by atoms with van der Waals surface area (Å²) in [5.41, 5.74) is 1.66. The molecule has 0 spiro atoms. The Hall–Kier alpha value is -2.10. The molecule has 0 unspecified atom stereocenters. The van der Waals surface area contributed by atoms with Crippen molar-refractivity contribution in [3.63, 3.8) is 0 Å². The van der Waals surface area contributed by atoms with Gasteiger partial charge in [0.2, 0.25) is 0 Å². The molecule has 2 aromatic rings. The van der Waals surface area contributed by atoms with Crippen molar-refractivity contribution >= 4 is 5.97 Å². The minimum absolute atomic E-state index is 0.0606. The van der Waals surface area contributed by atoms with Gasteiger partial charge >= 0.3 is 5.97 Å². The average Bonchev–Trinajstić information content (AvgIpc) is 3.11. The summed E-state index contributed by atoms with van der Waals surface area (Å²) < 4.78 is 7.19. The molecule has 1 aliphatic carbocycles. The maximum absolute atomic E-state index is 12.0. The van der Waals surface area contributed by atoms with Crippen molar-refractivity contribution in [2.75, 3.05) is 0 Å². The zero-order chi connectivity index (χ0) is 13.2. The van der Waals surface area contributed by atoms with Crippen molar-refractivity contribution in [3.05, 3.63) is 54.1 Å². The van der Waals surface area contributed by atoms with Crippen LogP contribution in [0.15, 0.2) is 42.9 Å². The van der Waals surface area contributed by atoms with Gasteiger partial charge in [-0.3, -0.25) is 0 Å². The van der Waals surface area contributed by atoms with E-state index in [1.807, 2.05) is 41.8 Å². The molecule has 4 heteroatoms. The predicted molar refractivity (Wildman–Crippen MR) is 70.9 cm³/mol. The van der Waals surface area contributed by atoms with Gasteiger partial charge in [-0.1, -0.05) is 30.3 Å². The number of aromatic nitrogens is 2. The maximum atomic E-state index is 12.0. The number of hydrogen-bond donors (Lipinski definition) is 0. The van der Waals surface area contributed by atoms with Crippen molar-refractivity contribution in [1.82, 2.24) is 9.55 Å². The van der Waals surface area contributed by atoms with Gasteiger partial charge in [0, 0.05) is 0 Å². The molecule has 0 saturated heterocycles. The largest absolute Gasteiger partial charge is 0.458 e. The first-order valence-electron chi connectivity index (χ1n) is 6.53. The molecular formula is C15H16N2O2. The van der Waals surface area contributed by atoms with Gasteiger partial charge in [-0.05, 0) is 25.3 Å². The van der Waals surface area contributed by atoms with Crippen LogP contribution in [-0.2, 0) is 4.74 Å². The third-order valence-corrected chi connectivity index (χ3v) is 3.37. The molecule has 0 aliphatic heterocycles. The summed E-state index contributed by atoms with van der Waals surface area (Å²) in [5.74, 6) is -0.275. The molecule has 1 aromatic heterocycles. The third kappa shape index (κ3) is 2.52. The van der Waals surface area contributed by atoms with E-state index >= 15 is 0 Å². The van der Waals surface area contributed by atoms with E-state index in [2.05, 4.69) is 4.98 Å². The van der Waals surface area contributed by atoms with Gasteiger partial charge in [0.25, 0.3) is 0 Å². The van der Waals surface area contributed by atoms with Crippen LogP contribution < -0.4 is 0 Å². The van der Waals surface area contributed by atoms with Crippen LogP contribution in [0.4, 0.5) is 0 Å². The fourth-order valence-electron chi connectivity index (χ4n) is 2.06. The maximum Gasteiger partial charge on any atom is 0.356 e. The first kappa shape index (κ1) is 12.0. The second-order valence-corrected chi connectivity index (χ2v) is 4.88. The fraction of sp³-hybridized carbons (Fsp3) is 0.333. The van der Waals surface area contributed by atoms with E-state index in [9.17, 15) is 4.79 Å². The van der Waals surface area contributed by atoms with Crippen molar-refractivity contribution < 1.29 is 9.53 Å². The lowest BCUT2D eigenvalue weighted by molar-refractivity contribution is 0.0458. The van der Waals surface area contributed by atoms with E-state index in [4.69, 9.17) is 4.74 Å². The first-order chi connectivity index (χ1) is 9.25. The van der Waals surface area contributed by atoms with E-state index in [-0.39, 0.29) is 18.1 Å². The number of nitrogens with zero attached hydrogens (tertiary/aromatic N) is 2. The number of benzene rings is 1. The zero-order valence-electron chi connectivity index (χ0n) is 10.8. The molecule has 0 bridgehead atoms. The van der Waals surface area contributed by atoms with Crippen LogP contribution in [0.1, 0.15) is 41.9 Å². The molecule has 4 nitrogen and oxygen atoms in total. The van der Waals surface area contributed by atoms with Crippen molar-refractivity contribution in [2.24, 2.45) is 0 Å². The minimum Gasteiger partial charge on any atom is -0.458 e. The smallest absolute Gasteiger partial charge is 0.356 e. The highest BCUT2D eigenvalue weighted by Crippen LogP contribution is 2.26. The second kappa shape index (κ2) is 4.88. The van der Waals surface area contributed by atoms with Gasteiger partial charge in [-0.2, -0.15) is 0 Å². The van der Waals surface area contributed by atoms with Gasteiger partial charge < -0.3 is 9.30 Å². The monoisotopic (exact) mass is 256 g/mol. The number of ether oxygens (including phenoxy) is 1. The quantitative estimate of drug-likeness (QED) is 0.790. The van der Waals surface area contributed by atoms with Crippen molar-refractivity contribution in [3.8, 4) is 0 Å². The van der Waals surface area contributed by atoms with Gasteiger partial charge in [0.15, 0.2) is 0 Å². The second-order valence-electron chi connectivity index (χ2n) is 4.88. The predicted octanol–water partition coefficient (Wildman–Crippen LogP) is 2.81. The SMILES string of the molecule is C[C@H](c1ccccc1)n1cncc1C(=O)OC1CC1. The van der Waals surface area contributed by atoms with E-state index in [1.165, 1.54) is 0 Å². The number of esters is 1. The number of imidazole rings is 1. The molecular weight excluding hydrogens is 240 g/mol. The highest BCUT2D eigenvalue weighted by atomic mass is 16.5. The van der Waals surface area contributed by atoms with Gasteiger partial charge in [0.05, 0.1) is 18.6 Å². The normalized spacial score (nSPS) is 16.1. The summed E-state index contributed by atoms with van der Waals surface area (Å²) in [7, 11) is 0. The summed E-state index contributed by atoms with van der Waals surface area (Å²) in [6, 6.07) is 10.1. The Morgan fingerprint density at radius 1 is 1.37 bits per heavy atom. The summed E-state index contributed by atoms with van der Waals surface area (Å²) in [5, 5.41) is 0. The Kier molecular flexibility index (Phi) is 3.07. The van der Waals surface area contributed by atoms with Crippen molar-refractivity contribution in [1.29, 1.82) is 0 Å². The number of hydrogen-bond acceptors (Lipinski definition) is 3. The van der Waals surface area contributed by atoms with Crippen LogP contribution in [0.2, 0.25) is 0 Å². The lowest BCUT2D eigenvalue weighted by Gasteiger charge is -2.16. The summed E-state index contributed by atoms with van der Waals surface area (Å²) >= 11 is 0. The first-order valence-corrected chi connectivity index (χ1v) is 6.53. The van der Waals surface area contributed by atoms with Crippen LogP contribution in [0, 0.1) is 0 Å². The average molecular weight is 256 g/mol. The van der Waals surface area contributed by atoms with Gasteiger partial charge in [-0.25, -0.2) is 9.78 Å². The Morgan fingerprint density at radius 2 is 2.11 bits per heavy atom. The topological polar surface area (TPSA) is 44.1 Å². The van der Waals surface area contributed by atoms with E-state index in [1.54, 1.807) is 12.5 Å². The third-order valence-electron chi connectivity index (χ3n) is 3.37. The summed E-state index contributed by atoms with van der Waals surface area (Å²) in [6.45, 7) is 2.05. The van der Waals surface area contributed by atoms with Crippen LogP contribution in [0.25, 0.3) is 0 Å². The summed E-state index contributed by atoms with van der Waals surface area (Å²) in [4.78, 5) is 16.1. The molecule has 98 valence electrons. The van der Waals surface area contributed by atoms with E-state index in [0.29, 0.717) is 5.69 Å². The Balaban J connectivity index is 1.84. The van der Waals surface area contributed by atoms with Crippen LogP contribution in [-0.4, -0.2) is 21.6 Å². The highest BCUT2D eigenvalue weighted by molar-refractivity contribution is 5.87. The Morgan fingerprint density at radius 3 is 2.79 bits per heavy atom. The van der Waals surface area contributed by atoms with Crippen LogP contribution in [0.5, 0.6) is 0 Å². The zero-order valence-corrected chi connectivity index (χ0v) is 10.8.